The van der Waals surface area contributed by atoms with Crippen molar-refractivity contribution in [2.45, 2.75) is 38.5 Å². The number of H-pyrrole nitrogens is 1. The van der Waals surface area contributed by atoms with E-state index in [0.29, 0.717) is 17.8 Å². The zero-order valence-corrected chi connectivity index (χ0v) is 17.3. The lowest BCUT2D eigenvalue weighted by atomic mass is 9.92. The summed E-state index contributed by atoms with van der Waals surface area (Å²) < 4.78 is 0. The molecule has 0 saturated heterocycles. The molecule has 0 aliphatic heterocycles. The van der Waals surface area contributed by atoms with E-state index in [2.05, 4.69) is 16.9 Å². The molecule has 0 amide bonds. The predicted octanol–water partition coefficient (Wildman–Crippen LogP) is 5.64. The van der Waals surface area contributed by atoms with Crippen LogP contribution in [0.5, 0.6) is 0 Å². The summed E-state index contributed by atoms with van der Waals surface area (Å²) in [6, 6.07) is 14.7. The summed E-state index contributed by atoms with van der Waals surface area (Å²) >= 11 is 5.98. The number of carbonyl (C=O) groups is 2. The maximum atomic E-state index is 11.5. The molecule has 0 bridgehead atoms. The minimum atomic E-state index is -1.13. The molecule has 0 aliphatic rings. The standard InChI is InChI=1S/C23H23ClN2O4/c1-2-3-6-16(21-25-19(23(29)30)20(24)26-21)13-14-9-11-15(12-10-14)17-7-4-5-8-18(17)22(27)28/h4-5,7-12,16H,2-3,6,13H2,1H3,(H,25,26)(H,27,28)(H,29,30). The Hall–Kier alpha value is -3.12. The minimum absolute atomic E-state index is 0.00714. The van der Waals surface area contributed by atoms with Crippen molar-refractivity contribution >= 4 is 23.5 Å². The molecule has 0 radical (unpaired) electrons. The van der Waals surface area contributed by atoms with Gasteiger partial charge in [0, 0.05) is 5.92 Å². The molecule has 0 saturated carbocycles. The molecule has 1 unspecified atom stereocenters. The van der Waals surface area contributed by atoms with Gasteiger partial charge in [-0.05, 0) is 35.6 Å². The number of aromatic amines is 1. The van der Waals surface area contributed by atoms with Crippen molar-refractivity contribution in [2.24, 2.45) is 0 Å². The summed E-state index contributed by atoms with van der Waals surface area (Å²) in [7, 11) is 0. The van der Waals surface area contributed by atoms with Gasteiger partial charge < -0.3 is 15.2 Å². The molecule has 0 fully saturated rings. The molecule has 3 aromatic rings. The predicted molar refractivity (Wildman–Crippen MR) is 115 cm³/mol. The lowest BCUT2D eigenvalue weighted by molar-refractivity contribution is 0.0683. The van der Waals surface area contributed by atoms with E-state index in [9.17, 15) is 19.8 Å². The Morgan fingerprint density at radius 1 is 1.07 bits per heavy atom. The first-order valence-electron chi connectivity index (χ1n) is 9.81. The van der Waals surface area contributed by atoms with Gasteiger partial charge in [0.2, 0.25) is 0 Å². The van der Waals surface area contributed by atoms with Crippen molar-refractivity contribution in [3.05, 3.63) is 76.3 Å². The Balaban J connectivity index is 1.85. The summed E-state index contributed by atoms with van der Waals surface area (Å²) in [5.41, 5.74) is 2.72. The van der Waals surface area contributed by atoms with Gasteiger partial charge in [-0.1, -0.05) is 73.8 Å². The summed E-state index contributed by atoms with van der Waals surface area (Å²) in [6.45, 7) is 2.10. The van der Waals surface area contributed by atoms with Crippen LogP contribution in [-0.2, 0) is 6.42 Å². The Kier molecular flexibility index (Phi) is 6.90. The van der Waals surface area contributed by atoms with Crippen LogP contribution < -0.4 is 0 Å². The molecule has 1 aromatic heterocycles. The van der Waals surface area contributed by atoms with Crippen LogP contribution >= 0.6 is 11.6 Å². The van der Waals surface area contributed by atoms with E-state index >= 15 is 0 Å². The highest BCUT2D eigenvalue weighted by molar-refractivity contribution is 6.32. The van der Waals surface area contributed by atoms with Crippen molar-refractivity contribution in [2.75, 3.05) is 0 Å². The second kappa shape index (κ2) is 9.59. The Morgan fingerprint density at radius 2 is 1.77 bits per heavy atom. The third kappa shape index (κ3) is 4.89. The first-order chi connectivity index (χ1) is 14.4. The summed E-state index contributed by atoms with van der Waals surface area (Å²) in [4.78, 5) is 29.9. The summed E-state index contributed by atoms with van der Waals surface area (Å²) in [5, 5.41) is 18.6. The van der Waals surface area contributed by atoms with E-state index in [1.807, 2.05) is 30.3 Å². The van der Waals surface area contributed by atoms with Gasteiger partial charge in [-0.3, -0.25) is 0 Å². The van der Waals surface area contributed by atoms with Gasteiger partial charge in [0.05, 0.1) is 5.56 Å². The highest BCUT2D eigenvalue weighted by Crippen LogP contribution is 2.29. The van der Waals surface area contributed by atoms with Crippen LogP contribution in [0.2, 0.25) is 5.15 Å². The average Bonchev–Trinajstić information content (AvgIpc) is 3.13. The number of nitrogens with zero attached hydrogens (tertiary/aromatic N) is 1. The lowest BCUT2D eigenvalue weighted by Gasteiger charge is -2.15. The first-order valence-corrected chi connectivity index (χ1v) is 10.2. The number of nitrogens with one attached hydrogen (secondary N) is 1. The third-order valence-electron chi connectivity index (χ3n) is 5.09. The normalized spacial score (nSPS) is 11.9. The monoisotopic (exact) mass is 426 g/mol. The zero-order chi connectivity index (χ0) is 21.7. The number of hydrogen-bond donors (Lipinski definition) is 3. The molecular formula is C23H23ClN2O4. The van der Waals surface area contributed by atoms with Gasteiger partial charge in [0.1, 0.15) is 5.82 Å². The molecule has 3 N–H and O–H groups in total. The van der Waals surface area contributed by atoms with Gasteiger partial charge in [0.25, 0.3) is 0 Å². The molecule has 0 aliphatic carbocycles. The summed E-state index contributed by atoms with van der Waals surface area (Å²) in [6.07, 6.45) is 3.52. The van der Waals surface area contributed by atoms with Crippen molar-refractivity contribution in [3.8, 4) is 11.1 Å². The largest absolute Gasteiger partial charge is 0.478 e. The van der Waals surface area contributed by atoms with Crippen molar-refractivity contribution in [1.82, 2.24) is 9.97 Å². The number of unbranched alkanes of at least 4 members (excludes halogenated alkanes) is 1. The topological polar surface area (TPSA) is 103 Å². The van der Waals surface area contributed by atoms with Crippen molar-refractivity contribution in [3.63, 3.8) is 0 Å². The number of rotatable bonds is 9. The van der Waals surface area contributed by atoms with Crippen LogP contribution in [0.15, 0.2) is 48.5 Å². The molecule has 7 heteroatoms. The van der Waals surface area contributed by atoms with Crippen LogP contribution in [0.4, 0.5) is 0 Å². The molecule has 1 heterocycles. The highest BCUT2D eigenvalue weighted by Gasteiger charge is 2.21. The minimum Gasteiger partial charge on any atom is -0.478 e. The van der Waals surface area contributed by atoms with Crippen molar-refractivity contribution < 1.29 is 19.8 Å². The summed E-state index contributed by atoms with van der Waals surface area (Å²) in [5.74, 6) is -1.51. The molecule has 156 valence electrons. The SMILES string of the molecule is CCCCC(Cc1ccc(-c2ccccc2C(=O)O)cc1)c1nc(Cl)c(C(=O)O)[nH]1. The van der Waals surface area contributed by atoms with E-state index in [-0.39, 0.29) is 22.3 Å². The Morgan fingerprint density at radius 3 is 2.37 bits per heavy atom. The second-order valence-corrected chi connectivity index (χ2v) is 7.54. The third-order valence-corrected chi connectivity index (χ3v) is 5.36. The van der Waals surface area contributed by atoms with Crippen LogP contribution in [0.1, 0.15) is 64.3 Å². The van der Waals surface area contributed by atoms with Gasteiger partial charge in [-0.2, -0.15) is 0 Å². The zero-order valence-electron chi connectivity index (χ0n) is 16.6. The number of aromatic carboxylic acids is 2. The number of benzene rings is 2. The molecule has 1 atom stereocenters. The molecule has 2 aromatic carbocycles. The first kappa shape index (κ1) is 21.6. The molecular weight excluding hydrogens is 404 g/mol. The smallest absolute Gasteiger partial charge is 0.355 e. The highest BCUT2D eigenvalue weighted by atomic mass is 35.5. The molecule has 30 heavy (non-hydrogen) atoms. The number of halogens is 1. The van der Waals surface area contributed by atoms with Crippen LogP contribution in [-0.4, -0.2) is 32.1 Å². The second-order valence-electron chi connectivity index (χ2n) is 7.18. The van der Waals surface area contributed by atoms with Crippen LogP contribution in [0.3, 0.4) is 0 Å². The fourth-order valence-corrected chi connectivity index (χ4v) is 3.74. The van der Waals surface area contributed by atoms with Crippen molar-refractivity contribution in [1.29, 1.82) is 0 Å². The van der Waals surface area contributed by atoms with Gasteiger partial charge in [-0.15, -0.1) is 0 Å². The van der Waals surface area contributed by atoms with E-state index < -0.39 is 11.9 Å². The van der Waals surface area contributed by atoms with Gasteiger partial charge in [-0.25, -0.2) is 14.6 Å². The quantitative estimate of drug-likeness (QED) is 0.410. The maximum absolute atomic E-state index is 11.5. The van der Waals surface area contributed by atoms with Gasteiger partial charge in [0.15, 0.2) is 10.8 Å². The Labute approximate surface area is 179 Å². The molecule has 3 rings (SSSR count). The number of carboxylic acid groups (broad SMARTS) is 2. The maximum Gasteiger partial charge on any atom is 0.355 e. The van der Waals surface area contributed by atoms with Crippen LogP contribution in [0.25, 0.3) is 11.1 Å². The lowest BCUT2D eigenvalue weighted by Crippen LogP contribution is -2.06. The van der Waals surface area contributed by atoms with Crippen LogP contribution in [0, 0.1) is 0 Å². The Bertz CT molecular complexity index is 1040. The number of aromatic nitrogens is 2. The number of imidazole rings is 1. The number of carboxylic acids is 2. The fourth-order valence-electron chi connectivity index (χ4n) is 3.52. The van der Waals surface area contributed by atoms with Gasteiger partial charge >= 0.3 is 11.9 Å². The number of hydrogen-bond acceptors (Lipinski definition) is 3. The fraction of sp³-hybridized carbons (Fsp3) is 0.261. The molecule has 6 nitrogen and oxygen atoms in total. The van der Waals surface area contributed by atoms with E-state index in [4.69, 9.17) is 11.6 Å². The van der Waals surface area contributed by atoms with E-state index in [0.717, 1.165) is 30.4 Å². The van der Waals surface area contributed by atoms with E-state index in [1.54, 1.807) is 18.2 Å². The average molecular weight is 427 g/mol. The van der Waals surface area contributed by atoms with E-state index in [1.165, 1.54) is 0 Å². The molecule has 0 spiro atoms.